The summed E-state index contributed by atoms with van der Waals surface area (Å²) in [5.74, 6) is -0.323. The number of nitrogens with two attached hydrogens (primary N) is 1. The average Bonchev–Trinajstić information content (AvgIpc) is 2.08. The molecule has 0 spiro atoms. The third-order valence-electron chi connectivity index (χ3n) is 1.80. The number of rotatable bonds is 2. The van der Waals surface area contributed by atoms with E-state index in [1.807, 2.05) is 0 Å². The smallest absolute Gasteiger partial charge is 0.277 e. The van der Waals surface area contributed by atoms with Gasteiger partial charge in [-0.15, -0.1) is 12.4 Å². The fourth-order valence-corrected chi connectivity index (χ4v) is 1.34. The number of hydrogen-bond donors (Lipinski definition) is 2. The van der Waals surface area contributed by atoms with Gasteiger partial charge in [0.25, 0.3) is 5.69 Å². The molecule has 0 aliphatic carbocycles. The fourth-order valence-electron chi connectivity index (χ4n) is 1.18. The van der Waals surface area contributed by atoms with Gasteiger partial charge in [-0.3, -0.25) is 10.1 Å². The molecule has 0 saturated carbocycles. The van der Waals surface area contributed by atoms with Gasteiger partial charge in [0.1, 0.15) is 5.75 Å². The summed E-state index contributed by atoms with van der Waals surface area (Å²) in [6.07, 6.45) is 0. The maximum atomic E-state index is 10.6. The maximum absolute atomic E-state index is 10.6. The molecule has 1 aromatic carbocycles. The monoisotopic (exact) mass is 252 g/mol. The van der Waals surface area contributed by atoms with E-state index in [1.54, 1.807) is 6.92 Å². The second-order valence-electron chi connectivity index (χ2n) is 2.87. The highest BCUT2D eigenvalue weighted by molar-refractivity contribution is 6.32. The van der Waals surface area contributed by atoms with Crippen LogP contribution < -0.4 is 5.73 Å². The summed E-state index contributed by atoms with van der Waals surface area (Å²) in [5.41, 5.74) is 5.34. The summed E-state index contributed by atoms with van der Waals surface area (Å²) >= 11 is 5.61. The molecular formula is C8H10Cl2N2O3. The molecule has 0 aliphatic heterocycles. The van der Waals surface area contributed by atoms with Crippen molar-refractivity contribution in [2.45, 2.75) is 13.0 Å². The topological polar surface area (TPSA) is 89.4 Å². The van der Waals surface area contributed by atoms with Crippen LogP contribution in [0.2, 0.25) is 5.02 Å². The highest BCUT2D eigenvalue weighted by atomic mass is 35.5. The minimum absolute atomic E-state index is 0. The van der Waals surface area contributed by atoms with Gasteiger partial charge in [0.2, 0.25) is 0 Å². The number of nitrogens with zero attached hydrogens (tertiary/aromatic N) is 1. The van der Waals surface area contributed by atoms with Crippen molar-refractivity contribution in [3.05, 3.63) is 32.8 Å². The molecule has 5 nitrogen and oxygen atoms in total. The molecule has 0 aliphatic rings. The second kappa shape index (κ2) is 5.16. The lowest BCUT2D eigenvalue weighted by atomic mass is 10.1. The van der Waals surface area contributed by atoms with Gasteiger partial charge in [-0.1, -0.05) is 11.6 Å². The molecule has 0 saturated heterocycles. The molecule has 0 fully saturated rings. The maximum Gasteiger partial charge on any atom is 0.277 e. The Morgan fingerprint density at radius 2 is 2.13 bits per heavy atom. The highest BCUT2D eigenvalue weighted by Gasteiger charge is 2.22. The van der Waals surface area contributed by atoms with Gasteiger partial charge >= 0.3 is 0 Å². The summed E-state index contributed by atoms with van der Waals surface area (Å²) in [6.45, 7) is 1.54. The summed E-state index contributed by atoms with van der Waals surface area (Å²) in [6, 6.07) is 1.84. The number of halogens is 2. The number of phenolic OH excluding ortho intramolecular Hbond substituents is 1. The summed E-state index contributed by atoms with van der Waals surface area (Å²) in [7, 11) is 0. The Bertz CT molecular complexity index is 382. The molecule has 0 aromatic heterocycles. The van der Waals surface area contributed by atoms with Gasteiger partial charge in [-0.25, -0.2) is 0 Å². The van der Waals surface area contributed by atoms with Crippen molar-refractivity contribution in [2.24, 2.45) is 5.73 Å². The van der Waals surface area contributed by atoms with Crippen LogP contribution in [0.1, 0.15) is 18.5 Å². The van der Waals surface area contributed by atoms with E-state index in [0.29, 0.717) is 0 Å². The first-order valence-electron chi connectivity index (χ1n) is 3.86. The lowest BCUT2D eigenvalue weighted by Crippen LogP contribution is -2.08. The van der Waals surface area contributed by atoms with Crippen molar-refractivity contribution in [1.82, 2.24) is 0 Å². The van der Waals surface area contributed by atoms with Crippen LogP contribution in [-0.4, -0.2) is 10.0 Å². The van der Waals surface area contributed by atoms with Gasteiger partial charge in [0.15, 0.2) is 0 Å². The number of nitro benzene ring substituents is 1. The van der Waals surface area contributed by atoms with Crippen LogP contribution >= 0.6 is 24.0 Å². The summed E-state index contributed by atoms with van der Waals surface area (Å²) < 4.78 is 0. The summed E-state index contributed by atoms with van der Waals surface area (Å²) in [5, 5.41) is 20.1. The Balaban J connectivity index is 0.00000196. The number of phenols is 1. The first-order valence-corrected chi connectivity index (χ1v) is 4.24. The van der Waals surface area contributed by atoms with Crippen LogP contribution in [0.15, 0.2) is 12.1 Å². The quantitative estimate of drug-likeness (QED) is 0.625. The highest BCUT2D eigenvalue weighted by Crippen LogP contribution is 2.37. The third kappa shape index (κ3) is 2.71. The number of hydrogen-bond acceptors (Lipinski definition) is 4. The molecule has 0 radical (unpaired) electrons. The molecule has 0 unspecified atom stereocenters. The molecule has 15 heavy (non-hydrogen) atoms. The molecular weight excluding hydrogens is 243 g/mol. The number of benzene rings is 1. The van der Waals surface area contributed by atoms with Crippen molar-refractivity contribution in [2.75, 3.05) is 0 Å². The minimum atomic E-state index is -0.644. The van der Waals surface area contributed by atoms with Crippen LogP contribution in [0.5, 0.6) is 5.75 Å². The van der Waals surface area contributed by atoms with Crippen molar-refractivity contribution in [3.63, 3.8) is 0 Å². The van der Waals surface area contributed by atoms with E-state index in [-0.39, 0.29) is 34.4 Å². The standard InChI is InChI=1S/C8H9ClN2O3.ClH/c1-4(10)7-6(11(13)14)3-2-5(9)8(7)12;/h2-4,12H,10H2,1H3;1H/t4-;/m1./s1. The Morgan fingerprint density at radius 3 is 2.53 bits per heavy atom. The average molecular weight is 253 g/mol. The van der Waals surface area contributed by atoms with Crippen molar-refractivity contribution < 1.29 is 10.0 Å². The van der Waals surface area contributed by atoms with Crippen molar-refractivity contribution >= 4 is 29.7 Å². The van der Waals surface area contributed by atoms with Crippen LogP contribution in [0.25, 0.3) is 0 Å². The molecule has 0 amide bonds. The minimum Gasteiger partial charge on any atom is -0.506 e. The Morgan fingerprint density at radius 1 is 1.60 bits per heavy atom. The molecule has 1 aromatic rings. The number of aromatic hydroxyl groups is 1. The van der Waals surface area contributed by atoms with Gasteiger partial charge in [-0.05, 0) is 13.0 Å². The van der Waals surface area contributed by atoms with Crippen LogP contribution in [0.3, 0.4) is 0 Å². The van der Waals surface area contributed by atoms with E-state index in [2.05, 4.69) is 0 Å². The zero-order chi connectivity index (χ0) is 10.9. The largest absolute Gasteiger partial charge is 0.506 e. The lowest BCUT2D eigenvalue weighted by Gasteiger charge is -2.09. The lowest BCUT2D eigenvalue weighted by molar-refractivity contribution is -0.385. The first kappa shape index (κ1) is 14.0. The Kier molecular flexibility index (Phi) is 4.80. The van der Waals surface area contributed by atoms with Crippen LogP contribution in [0.4, 0.5) is 5.69 Å². The van der Waals surface area contributed by atoms with E-state index in [9.17, 15) is 15.2 Å². The first-order chi connectivity index (χ1) is 6.45. The zero-order valence-corrected chi connectivity index (χ0v) is 9.38. The van der Waals surface area contributed by atoms with Gasteiger partial charge in [-0.2, -0.15) is 0 Å². The van der Waals surface area contributed by atoms with E-state index >= 15 is 0 Å². The van der Waals surface area contributed by atoms with Crippen molar-refractivity contribution in [1.29, 1.82) is 0 Å². The van der Waals surface area contributed by atoms with Gasteiger partial charge < -0.3 is 10.8 Å². The summed E-state index contributed by atoms with van der Waals surface area (Å²) in [4.78, 5) is 9.98. The molecule has 1 atom stereocenters. The molecule has 0 heterocycles. The van der Waals surface area contributed by atoms with E-state index in [4.69, 9.17) is 17.3 Å². The second-order valence-corrected chi connectivity index (χ2v) is 3.28. The van der Waals surface area contributed by atoms with Gasteiger partial charge in [0.05, 0.1) is 15.5 Å². The Hall–Kier alpha value is -1.04. The fraction of sp³-hybridized carbons (Fsp3) is 0.250. The molecule has 1 rings (SSSR count). The van der Waals surface area contributed by atoms with E-state index in [1.165, 1.54) is 12.1 Å². The SMILES string of the molecule is C[C@@H](N)c1c([N+](=O)[O-])ccc(Cl)c1O.Cl. The zero-order valence-electron chi connectivity index (χ0n) is 7.81. The predicted molar refractivity (Wildman–Crippen MR) is 59.6 cm³/mol. The Labute approximate surface area is 97.4 Å². The van der Waals surface area contributed by atoms with E-state index in [0.717, 1.165) is 0 Å². The van der Waals surface area contributed by atoms with Crippen LogP contribution in [0, 0.1) is 10.1 Å². The predicted octanol–water partition coefficient (Wildman–Crippen LogP) is 2.40. The molecule has 3 N–H and O–H groups in total. The normalized spacial score (nSPS) is 11.7. The van der Waals surface area contributed by atoms with E-state index < -0.39 is 11.0 Å². The number of nitro groups is 1. The van der Waals surface area contributed by atoms with Gasteiger partial charge in [0, 0.05) is 12.1 Å². The molecule has 0 bridgehead atoms. The molecule has 84 valence electrons. The molecule has 7 heteroatoms. The van der Waals surface area contributed by atoms with Crippen LogP contribution in [-0.2, 0) is 0 Å². The third-order valence-corrected chi connectivity index (χ3v) is 2.10. The van der Waals surface area contributed by atoms with Crippen molar-refractivity contribution in [3.8, 4) is 5.75 Å².